The van der Waals surface area contributed by atoms with Gasteiger partial charge in [0.2, 0.25) is 5.13 Å². The molecule has 222 valence electrons. The number of aromatic nitrogens is 2. The predicted molar refractivity (Wildman–Crippen MR) is 167 cm³/mol. The van der Waals surface area contributed by atoms with Gasteiger partial charge < -0.3 is 19.3 Å². The van der Waals surface area contributed by atoms with Gasteiger partial charge in [0, 0.05) is 11.3 Å². The summed E-state index contributed by atoms with van der Waals surface area (Å²) in [6.07, 6.45) is 1.94. The molecule has 1 aliphatic heterocycles. The van der Waals surface area contributed by atoms with Gasteiger partial charge in [0.15, 0.2) is 15.8 Å². The number of ketones is 1. The topological polar surface area (TPSA) is 111 Å². The summed E-state index contributed by atoms with van der Waals surface area (Å²) >= 11 is 2.70. The zero-order valence-corrected chi connectivity index (χ0v) is 25.6. The number of hydrogen-bond acceptors (Lipinski definition) is 10. The number of rotatable bonds is 12. The van der Waals surface area contributed by atoms with Gasteiger partial charge in [-0.05, 0) is 53.9 Å². The summed E-state index contributed by atoms with van der Waals surface area (Å²) in [5.41, 5.74) is 1.97. The van der Waals surface area contributed by atoms with Crippen LogP contribution < -0.4 is 19.1 Å². The fraction of sp³-hybridized carbons (Fsp3) is 0.250. The maximum atomic E-state index is 13.6. The quantitative estimate of drug-likeness (QED) is 0.0466. The Morgan fingerprint density at radius 2 is 1.72 bits per heavy atom. The Labute approximate surface area is 258 Å². The van der Waals surface area contributed by atoms with Crippen LogP contribution in [0.15, 0.2) is 82.7 Å². The van der Waals surface area contributed by atoms with Crippen LogP contribution in [0.2, 0.25) is 0 Å². The highest BCUT2D eigenvalue weighted by Crippen LogP contribution is 2.45. The van der Waals surface area contributed by atoms with E-state index in [1.54, 1.807) is 42.5 Å². The van der Waals surface area contributed by atoms with Crippen molar-refractivity contribution in [3.8, 4) is 17.2 Å². The molecule has 1 N–H and O–H groups in total. The first kappa shape index (κ1) is 30.1. The molecule has 1 saturated heterocycles. The fourth-order valence-electron chi connectivity index (χ4n) is 4.64. The highest BCUT2D eigenvalue weighted by atomic mass is 32.2. The highest BCUT2D eigenvalue weighted by Gasteiger charge is 2.48. The monoisotopic (exact) mass is 617 g/mol. The standard InChI is InChI=1S/C32H31N3O6S2/c1-4-5-17-41-23-14-11-21(12-15-23)28(36)26-27(22-13-16-24(39-2)25(18-22)40-3)35(30(38)29(26)37)31-33-34-32(43-31)42-19-20-9-7-6-8-10-20/h6-16,18,27,36H,4-5,17,19H2,1-3H3/b28-26+. The molecule has 0 spiro atoms. The number of carbonyl (C=O) groups is 2. The molecule has 0 saturated carbocycles. The van der Waals surface area contributed by atoms with Crippen molar-refractivity contribution < 1.29 is 28.9 Å². The molecule has 1 atom stereocenters. The number of ether oxygens (including phenoxy) is 3. The first-order valence-corrected chi connectivity index (χ1v) is 15.5. The Morgan fingerprint density at radius 3 is 2.42 bits per heavy atom. The first-order valence-electron chi connectivity index (χ1n) is 13.7. The number of Topliss-reactive ketones (excluding diaryl/α,β-unsaturated/α-hetero) is 1. The van der Waals surface area contributed by atoms with Crippen LogP contribution in [0.1, 0.15) is 42.5 Å². The SMILES string of the molecule is CCCCOc1ccc(/C(O)=C2\C(=O)C(=O)N(c3nnc(SCc4ccccc4)s3)C2c2ccc(OC)c(OC)c2)cc1. The Hall–Kier alpha value is -4.35. The van der Waals surface area contributed by atoms with Gasteiger partial charge in [-0.15, -0.1) is 10.2 Å². The van der Waals surface area contributed by atoms with Crippen LogP contribution in [-0.2, 0) is 15.3 Å². The van der Waals surface area contributed by atoms with E-state index in [1.165, 1.54) is 42.2 Å². The fourth-order valence-corrected chi connectivity index (χ4v) is 6.47. The van der Waals surface area contributed by atoms with E-state index < -0.39 is 17.7 Å². The van der Waals surface area contributed by atoms with Crippen molar-refractivity contribution in [2.24, 2.45) is 0 Å². The minimum atomic E-state index is -0.986. The number of methoxy groups -OCH3 is 2. The second kappa shape index (κ2) is 13.7. The third kappa shape index (κ3) is 6.52. The summed E-state index contributed by atoms with van der Waals surface area (Å²) in [5, 5.41) is 20.3. The molecule has 1 unspecified atom stereocenters. The van der Waals surface area contributed by atoms with Crippen molar-refractivity contribution in [2.75, 3.05) is 25.7 Å². The van der Waals surface area contributed by atoms with Crippen LogP contribution in [-0.4, -0.2) is 47.8 Å². The first-order chi connectivity index (χ1) is 20.9. The van der Waals surface area contributed by atoms with Gasteiger partial charge >= 0.3 is 5.91 Å². The number of aliphatic hydroxyl groups is 1. The van der Waals surface area contributed by atoms with Crippen LogP contribution in [0.4, 0.5) is 5.13 Å². The predicted octanol–water partition coefficient (Wildman–Crippen LogP) is 6.65. The molecule has 3 aromatic carbocycles. The molecule has 11 heteroatoms. The van der Waals surface area contributed by atoms with Crippen LogP contribution in [0.3, 0.4) is 0 Å². The van der Waals surface area contributed by atoms with Gasteiger partial charge in [-0.2, -0.15) is 0 Å². The number of unbranched alkanes of at least 4 members (excludes halogenated alkanes) is 1. The van der Waals surface area contributed by atoms with Crippen LogP contribution >= 0.6 is 23.1 Å². The van der Waals surface area contributed by atoms with Crippen LogP contribution in [0, 0.1) is 0 Å². The number of amides is 1. The number of thioether (sulfide) groups is 1. The van der Waals surface area contributed by atoms with E-state index in [2.05, 4.69) is 17.1 Å². The molecule has 1 amide bonds. The lowest BCUT2D eigenvalue weighted by atomic mass is 9.95. The molecular weight excluding hydrogens is 587 g/mol. The lowest BCUT2D eigenvalue weighted by Gasteiger charge is -2.23. The molecule has 0 aliphatic carbocycles. The van der Waals surface area contributed by atoms with Crippen molar-refractivity contribution in [1.29, 1.82) is 0 Å². The molecule has 1 fully saturated rings. The van der Waals surface area contributed by atoms with E-state index in [0.29, 0.717) is 45.1 Å². The maximum Gasteiger partial charge on any atom is 0.301 e. The van der Waals surface area contributed by atoms with E-state index in [4.69, 9.17) is 14.2 Å². The number of aliphatic hydroxyl groups excluding tert-OH is 1. The Morgan fingerprint density at radius 1 is 0.977 bits per heavy atom. The second-order valence-electron chi connectivity index (χ2n) is 9.63. The maximum absolute atomic E-state index is 13.6. The lowest BCUT2D eigenvalue weighted by Crippen LogP contribution is -2.29. The summed E-state index contributed by atoms with van der Waals surface area (Å²) in [6.45, 7) is 2.67. The zero-order valence-electron chi connectivity index (χ0n) is 24.0. The van der Waals surface area contributed by atoms with Gasteiger partial charge in [0.1, 0.15) is 11.5 Å². The minimum absolute atomic E-state index is 0.0643. The number of hydrogen-bond donors (Lipinski definition) is 1. The van der Waals surface area contributed by atoms with Gasteiger partial charge in [0.25, 0.3) is 5.78 Å². The molecule has 5 rings (SSSR count). The van der Waals surface area contributed by atoms with Crippen molar-refractivity contribution in [3.63, 3.8) is 0 Å². The average Bonchev–Trinajstić information content (AvgIpc) is 3.62. The Bertz CT molecular complexity index is 1620. The number of anilines is 1. The normalized spacial score (nSPS) is 16.0. The van der Waals surface area contributed by atoms with Gasteiger partial charge in [-0.25, -0.2) is 0 Å². The zero-order chi connectivity index (χ0) is 30.3. The van der Waals surface area contributed by atoms with Gasteiger partial charge in [-0.1, -0.05) is 72.8 Å². The summed E-state index contributed by atoms with van der Waals surface area (Å²) in [5.74, 6) is 0.282. The molecule has 0 radical (unpaired) electrons. The van der Waals surface area contributed by atoms with Gasteiger partial charge in [-0.3, -0.25) is 14.5 Å². The molecular formula is C32H31N3O6S2. The summed E-state index contributed by atoms with van der Waals surface area (Å²) < 4.78 is 17.3. The molecule has 43 heavy (non-hydrogen) atoms. The summed E-state index contributed by atoms with van der Waals surface area (Å²) in [7, 11) is 3.03. The minimum Gasteiger partial charge on any atom is -0.507 e. The lowest BCUT2D eigenvalue weighted by molar-refractivity contribution is -0.132. The Balaban J connectivity index is 1.54. The van der Waals surface area contributed by atoms with Gasteiger partial charge in [0.05, 0.1) is 32.4 Å². The van der Waals surface area contributed by atoms with Crippen molar-refractivity contribution in [1.82, 2.24) is 10.2 Å². The second-order valence-corrected chi connectivity index (χ2v) is 11.8. The molecule has 1 aliphatic rings. The van der Waals surface area contributed by atoms with E-state index in [1.807, 2.05) is 30.3 Å². The van der Waals surface area contributed by atoms with Crippen molar-refractivity contribution >= 4 is 45.7 Å². The number of benzene rings is 3. The molecule has 0 bridgehead atoms. The average molecular weight is 618 g/mol. The Kier molecular flexibility index (Phi) is 9.63. The molecule has 2 heterocycles. The van der Waals surface area contributed by atoms with E-state index in [-0.39, 0.29) is 16.5 Å². The van der Waals surface area contributed by atoms with Crippen molar-refractivity contribution in [3.05, 3.63) is 95.1 Å². The van der Waals surface area contributed by atoms with E-state index in [0.717, 1.165) is 18.4 Å². The number of carbonyl (C=O) groups excluding carboxylic acids is 2. The van der Waals surface area contributed by atoms with E-state index >= 15 is 0 Å². The number of nitrogens with zero attached hydrogens (tertiary/aromatic N) is 3. The third-order valence-corrected chi connectivity index (χ3v) is 9.00. The van der Waals surface area contributed by atoms with Crippen LogP contribution in [0.5, 0.6) is 17.2 Å². The molecule has 9 nitrogen and oxygen atoms in total. The van der Waals surface area contributed by atoms with Crippen molar-refractivity contribution in [2.45, 2.75) is 35.9 Å². The molecule has 1 aromatic heterocycles. The van der Waals surface area contributed by atoms with Crippen LogP contribution in [0.25, 0.3) is 5.76 Å². The smallest absolute Gasteiger partial charge is 0.301 e. The largest absolute Gasteiger partial charge is 0.507 e. The summed E-state index contributed by atoms with van der Waals surface area (Å²) in [4.78, 5) is 28.5. The third-order valence-electron chi connectivity index (χ3n) is 6.87. The summed E-state index contributed by atoms with van der Waals surface area (Å²) in [6, 6.07) is 20.9. The highest BCUT2D eigenvalue weighted by molar-refractivity contribution is 8.00. The molecule has 4 aromatic rings. The van der Waals surface area contributed by atoms with E-state index in [9.17, 15) is 14.7 Å².